The van der Waals surface area contributed by atoms with Crippen LogP contribution in [0.5, 0.6) is 0 Å². The molecule has 0 aliphatic carbocycles. The molecule has 2 aromatic carbocycles. The van der Waals surface area contributed by atoms with E-state index in [1.807, 2.05) is 42.5 Å². The van der Waals surface area contributed by atoms with Gasteiger partial charge in [-0.25, -0.2) is 0 Å². The van der Waals surface area contributed by atoms with E-state index in [-0.39, 0.29) is 11.7 Å². The molecule has 1 aliphatic rings. The SMILES string of the molecule is CN1CCN(c2ccc(Cl)cc2NC(=O)CSc2nnnn2-c2ccccc2)CC1. The Morgan fingerprint density at radius 2 is 1.90 bits per heavy atom. The molecule has 1 aromatic heterocycles. The van der Waals surface area contributed by atoms with Gasteiger partial charge in [0.15, 0.2) is 0 Å². The van der Waals surface area contributed by atoms with Crippen LogP contribution in [-0.2, 0) is 4.79 Å². The predicted molar refractivity (Wildman–Crippen MR) is 120 cm³/mol. The number of benzene rings is 2. The number of thioether (sulfide) groups is 1. The largest absolute Gasteiger partial charge is 0.367 e. The van der Waals surface area contributed by atoms with Crippen molar-refractivity contribution in [2.75, 3.05) is 49.2 Å². The maximum atomic E-state index is 12.7. The number of rotatable bonds is 6. The second kappa shape index (κ2) is 9.46. The third kappa shape index (κ3) is 4.92. The number of aromatic nitrogens is 4. The highest BCUT2D eigenvalue weighted by Crippen LogP contribution is 2.30. The molecule has 3 aromatic rings. The first kappa shape index (κ1) is 20.6. The zero-order chi connectivity index (χ0) is 20.9. The number of hydrogen-bond donors (Lipinski definition) is 1. The molecule has 1 N–H and O–H groups in total. The molecule has 0 atom stereocenters. The zero-order valence-corrected chi connectivity index (χ0v) is 18.1. The number of halogens is 1. The van der Waals surface area contributed by atoms with E-state index >= 15 is 0 Å². The molecule has 1 saturated heterocycles. The summed E-state index contributed by atoms with van der Waals surface area (Å²) < 4.78 is 1.62. The number of anilines is 2. The van der Waals surface area contributed by atoms with Crippen LogP contribution < -0.4 is 10.2 Å². The molecule has 8 nitrogen and oxygen atoms in total. The lowest BCUT2D eigenvalue weighted by molar-refractivity contribution is -0.113. The first-order valence-electron chi connectivity index (χ1n) is 9.59. The van der Waals surface area contributed by atoms with E-state index in [4.69, 9.17) is 11.6 Å². The molecule has 30 heavy (non-hydrogen) atoms. The minimum atomic E-state index is -0.139. The van der Waals surface area contributed by atoms with Gasteiger partial charge in [-0.15, -0.1) is 5.10 Å². The average molecular weight is 444 g/mol. The van der Waals surface area contributed by atoms with Gasteiger partial charge in [0, 0.05) is 31.2 Å². The van der Waals surface area contributed by atoms with Crippen LogP contribution in [0.2, 0.25) is 5.02 Å². The lowest BCUT2D eigenvalue weighted by atomic mass is 10.2. The smallest absolute Gasteiger partial charge is 0.234 e. The highest BCUT2D eigenvalue weighted by atomic mass is 35.5. The van der Waals surface area contributed by atoms with E-state index in [1.54, 1.807) is 10.7 Å². The third-order valence-electron chi connectivity index (χ3n) is 4.85. The highest BCUT2D eigenvalue weighted by Gasteiger charge is 2.19. The summed E-state index contributed by atoms with van der Waals surface area (Å²) in [6.07, 6.45) is 0. The van der Waals surface area contributed by atoms with Gasteiger partial charge in [-0.1, -0.05) is 41.6 Å². The van der Waals surface area contributed by atoms with Crippen LogP contribution in [0.3, 0.4) is 0 Å². The number of hydrogen-bond acceptors (Lipinski definition) is 7. The van der Waals surface area contributed by atoms with Crippen molar-refractivity contribution in [2.24, 2.45) is 0 Å². The molecular formula is C20H22ClN7OS. The Bertz CT molecular complexity index is 1010. The Morgan fingerprint density at radius 3 is 2.67 bits per heavy atom. The fourth-order valence-electron chi connectivity index (χ4n) is 3.25. The van der Waals surface area contributed by atoms with Crippen molar-refractivity contribution in [1.29, 1.82) is 0 Å². The van der Waals surface area contributed by atoms with Gasteiger partial charge in [-0.2, -0.15) is 4.68 Å². The van der Waals surface area contributed by atoms with Crippen LogP contribution in [0.15, 0.2) is 53.7 Å². The molecule has 156 valence electrons. The number of nitrogens with zero attached hydrogens (tertiary/aromatic N) is 6. The molecule has 0 unspecified atom stereocenters. The number of nitrogens with one attached hydrogen (secondary N) is 1. The number of para-hydroxylation sites is 1. The normalized spacial score (nSPS) is 14.7. The maximum absolute atomic E-state index is 12.7. The molecule has 2 heterocycles. The summed E-state index contributed by atoms with van der Waals surface area (Å²) in [5.41, 5.74) is 2.55. The van der Waals surface area contributed by atoms with E-state index in [2.05, 4.69) is 37.7 Å². The van der Waals surface area contributed by atoms with E-state index in [1.165, 1.54) is 11.8 Å². The summed E-state index contributed by atoms with van der Waals surface area (Å²) in [5, 5.41) is 15.9. The summed E-state index contributed by atoms with van der Waals surface area (Å²) in [4.78, 5) is 17.2. The van der Waals surface area contributed by atoms with Crippen molar-refractivity contribution < 1.29 is 4.79 Å². The van der Waals surface area contributed by atoms with Gasteiger partial charge in [0.05, 0.1) is 22.8 Å². The summed E-state index contributed by atoms with van der Waals surface area (Å²) in [6.45, 7) is 3.77. The number of amides is 1. The molecule has 10 heteroatoms. The third-order valence-corrected chi connectivity index (χ3v) is 6.01. The molecule has 1 fully saturated rings. The molecule has 0 bridgehead atoms. The van der Waals surface area contributed by atoms with Crippen LogP contribution >= 0.6 is 23.4 Å². The quantitative estimate of drug-likeness (QED) is 0.587. The molecule has 4 rings (SSSR count). The Labute approximate surface area is 184 Å². The van der Waals surface area contributed by atoms with Crippen molar-refractivity contribution in [3.63, 3.8) is 0 Å². The van der Waals surface area contributed by atoms with Crippen LogP contribution in [0.1, 0.15) is 0 Å². The minimum Gasteiger partial charge on any atom is -0.367 e. The Hall–Kier alpha value is -2.62. The van der Waals surface area contributed by atoms with Crippen molar-refractivity contribution >= 4 is 40.6 Å². The summed E-state index contributed by atoms with van der Waals surface area (Å²) in [7, 11) is 2.11. The van der Waals surface area contributed by atoms with Crippen molar-refractivity contribution in [2.45, 2.75) is 5.16 Å². The van der Waals surface area contributed by atoms with Gasteiger partial charge in [-0.3, -0.25) is 4.79 Å². The van der Waals surface area contributed by atoms with E-state index in [0.717, 1.165) is 43.2 Å². The van der Waals surface area contributed by atoms with Crippen LogP contribution in [0, 0.1) is 0 Å². The Balaban J connectivity index is 1.43. The summed E-state index contributed by atoms with van der Waals surface area (Å²) in [6, 6.07) is 15.2. The van der Waals surface area contributed by atoms with Crippen molar-refractivity contribution in [3.8, 4) is 5.69 Å². The lowest BCUT2D eigenvalue weighted by Crippen LogP contribution is -2.44. The number of carbonyl (C=O) groups excluding carboxylic acids is 1. The number of carbonyl (C=O) groups is 1. The fraction of sp³-hybridized carbons (Fsp3) is 0.300. The molecule has 1 aliphatic heterocycles. The number of likely N-dealkylation sites (N-methyl/N-ethyl adjacent to an activating group) is 1. The first-order valence-corrected chi connectivity index (χ1v) is 11.0. The van der Waals surface area contributed by atoms with Gasteiger partial charge < -0.3 is 15.1 Å². The Kier molecular flexibility index (Phi) is 6.51. The number of tetrazole rings is 1. The van der Waals surface area contributed by atoms with Crippen LogP contribution in [-0.4, -0.2) is 70.0 Å². The number of piperazine rings is 1. The maximum Gasteiger partial charge on any atom is 0.234 e. The molecule has 0 spiro atoms. The lowest BCUT2D eigenvalue weighted by Gasteiger charge is -2.35. The zero-order valence-electron chi connectivity index (χ0n) is 16.5. The average Bonchev–Trinajstić information content (AvgIpc) is 3.23. The van der Waals surface area contributed by atoms with Crippen LogP contribution in [0.25, 0.3) is 5.69 Å². The monoisotopic (exact) mass is 443 g/mol. The highest BCUT2D eigenvalue weighted by molar-refractivity contribution is 7.99. The van der Waals surface area contributed by atoms with Gasteiger partial charge >= 0.3 is 0 Å². The predicted octanol–water partition coefficient (Wildman–Crippen LogP) is 2.80. The van der Waals surface area contributed by atoms with Gasteiger partial charge in [0.25, 0.3) is 0 Å². The van der Waals surface area contributed by atoms with Crippen molar-refractivity contribution in [3.05, 3.63) is 53.6 Å². The first-order chi connectivity index (χ1) is 14.6. The van der Waals surface area contributed by atoms with Gasteiger partial charge in [0.2, 0.25) is 11.1 Å². The van der Waals surface area contributed by atoms with Gasteiger partial charge in [0.1, 0.15) is 0 Å². The van der Waals surface area contributed by atoms with Gasteiger partial charge in [-0.05, 0) is 47.8 Å². The van der Waals surface area contributed by atoms with E-state index in [0.29, 0.717) is 10.2 Å². The van der Waals surface area contributed by atoms with E-state index < -0.39 is 0 Å². The summed E-state index contributed by atoms with van der Waals surface area (Å²) >= 11 is 7.48. The topological polar surface area (TPSA) is 79.2 Å². The second-order valence-electron chi connectivity index (χ2n) is 7.00. The standard InChI is InChI=1S/C20H22ClN7OS/c1-26-9-11-27(12-10-26)18-8-7-15(21)13-17(18)22-19(29)14-30-20-23-24-25-28(20)16-5-3-2-4-6-16/h2-8,13H,9-12,14H2,1H3,(H,22,29). The van der Waals surface area contributed by atoms with Crippen LogP contribution in [0.4, 0.5) is 11.4 Å². The molecule has 1 amide bonds. The fourth-order valence-corrected chi connectivity index (χ4v) is 4.11. The molecule has 0 radical (unpaired) electrons. The summed E-state index contributed by atoms with van der Waals surface area (Å²) in [5.74, 6) is 0.0438. The molecular weight excluding hydrogens is 422 g/mol. The Morgan fingerprint density at radius 1 is 1.13 bits per heavy atom. The van der Waals surface area contributed by atoms with E-state index in [9.17, 15) is 4.79 Å². The molecule has 0 saturated carbocycles. The van der Waals surface area contributed by atoms with Crippen molar-refractivity contribution in [1.82, 2.24) is 25.1 Å². The minimum absolute atomic E-state index is 0.139. The second-order valence-corrected chi connectivity index (χ2v) is 8.38.